The zero-order chi connectivity index (χ0) is 39.8. The molecule has 282 valence electrons. The van der Waals surface area contributed by atoms with Crippen molar-refractivity contribution in [3.8, 4) is 39.6 Å². The summed E-state index contributed by atoms with van der Waals surface area (Å²) in [5.74, 6) is 0.672. The quantitative estimate of drug-likeness (QED) is 0.179. The van der Waals surface area contributed by atoms with Gasteiger partial charge in [-0.05, 0) is 83.6 Å². The van der Waals surface area contributed by atoms with Gasteiger partial charge in [-0.2, -0.15) is 0 Å². The average Bonchev–Trinajstić information content (AvgIpc) is 4.07. The number of aromatic nitrogens is 4. The lowest BCUT2D eigenvalue weighted by Gasteiger charge is -2.12. The van der Waals surface area contributed by atoms with Crippen LogP contribution in [0.5, 0.6) is 0 Å². The standard InChI is InChI=1S/C56H32N4O/c1-2-11-33(12-3-1)46-32-47(58-56(57-46)36-24-28-53-45(29-36)39-14-6-9-20-52(39)61-53)34-21-25-37(26-22-34)59-49-19-8-5-15-42(49)54-43-31-44-41-17-10-16-40-38-13-4-7-18-48(38)60(55(40)41)51(44)30-35(43)23-27-50(54)59/h1-32H. The number of furan rings is 1. The minimum atomic E-state index is 0.672. The minimum Gasteiger partial charge on any atom is -0.456 e. The maximum Gasteiger partial charge on any atom is 0.160 e. The first-order chi connectivity index (χ1) is 30.2. The Hall–Kier alpha value is -8.28. The van der Waals surface area contributed by atoms with E-state index < -0.39 is 0 Å². The Morgan fingerprint density at radius 3 is 1.85 bits per heavy atom. The Bertz CT molecular complexity index is 4100. The van der Waals surface area contributed by atoms with Crippen molar-refractivity contribution in [1.82, 2.24) is 18.9 Å². The molecule has 0 aliphatic heterocycles. The molecule has 5 nitrogen and oxygen atoms in total. The van der Waals surface area contributed by atoms with E-state index in [2.05, 4.69) is 173 Å². The number of benzene rings is 9. The lowest BCUT2D eigenvalue weighted by molar-refractivity contribution is 0.669. The molecule has 5 heterocycles. The molecule has 0 N–H and O–H groups in total. The van der Waals surface area contributed by atoms with Crippen LogP contribution in [-0.4, -0.2) is 18.9 Å². The minimum absolute atomic E-state index is 0.672. The largest absolute Gasteiger partial charge is 0.456 e. The molecule has 14 rings (SSSR count). The summed E-state index contributed by atoms with van der Waals surface area (Å²) >= 11 is 0. The summed E-state index contributed by atoms with van der Waals surface area (Å²) in [6, 6.07) is 69.4. The second-order valence-corrected chi connectivity index (χ2v) is 16.1. The van der Waals surface area contributed by atoms with Crippen molar-refractivity contribution in [2.24, 2.45) is 0 Å². The summed E-state index contributed by atoms with van der Waals surface area (Å²) in [5, 5.41) is 12.3. The van der Waals surface area contributed by atoms with E-state index in [0.717, 1.165) is 55.7 Å². The number of hydrogen-bond acceptors (Lipinski definition) is 3. The third-order valence-electron chi connectivity index (χ3n) is 12.8. The van der Waals surface area contributed by atoms with E-state index >= 15 is 0 Å². The number of nitrogens with zero attached hydrogens (tertiary/aromatic N) is 4. The molecule has 5 aromatic heterocycles. The van der Waals surface area contributed by atoms with Crippen LogP contribution in [0.3, 0.4) is 0 Å². The Balaban J connectivity index is 0.932. The molecule has 0 fully saturated rings. The third kappa shape index (κ3) is 4.60. The normalized spacial score (nSPS) is 12.3. The fourth-order valence-corrected chi connectivity index (χ4v) is 10.1. The summed E-state index contributed by atoms with van der Waals surface area (Å²) in [5.41, 5.74) is 13.7. The van der Waals surface area contributed by atoms with Crippen LogP contribution in [0.2, 0.25) is 0 Å². The fourth-order valence-electron chi connectivity index (χ4n) is 10.1. The van der Waals surface area contributed by atoms with E-state index in [9.17, 15) is 0 Å². The van der Waals surface area contributed by atoms with Crippen molar-refractivity contribution >= 4 is 92.6 Å². The van der Waals surface area contributed by atoms with Crippen LogP contribution in [0, 0.1) is 0 Å². The van der Waals surface area contributed by atoms with Crippen LogP contribution in [0.4, 0.5) is 0 Å². The van der Waals surface area contributed by atoms with Crippen LogP contribution in [0.15, 0.2) is 199 Å². The molecule has 5 heteroatoms. The monoisotopic (exact) mass is 776 g/mol. The van der Waals surface area contributed by atoms with Gasteiger partial charge in [0.25, 0.3) is 0 Å². The van der Waals surface area contributed by atoms with Crippen molar-refractivity contribution < 1.29 is 4.42 Å². The number of para-hydroxylation sites is 4. The highest BCUT2D eigenvalue weighted by molar-refractivity contribution is 6.28. The van der Waals surface area contributed by atoms with Gasteiger partial charge in [-0.25, -0.2) is 9.97 Å². The molecule has 0 saturated heterocycles. The summed E-state index contributed by atoms with van der Waals surface area (Å²) in [6.45, 7) is 0. The zero-order valence-electron chi connectivity index (χ0n) is 32.7. The van der Waals surface area contributed by atoms with E-state index in [1.807, 2.05) is 30.3 Å². The van der Waals surface area contributed by atoms with E-state index in [1.54, 1.807) is 0 Å². The summed E-state index contributed by atoms with van der Waals surface area (Å²) in [7, 11) is 0. The maximum absolute atomic E-state index is 6.15. The molecule has 0 amide bonds. The van der Waals surface area contributed by atoms with Crippen molar-refractivity contribution in [2.75, 3.05) is 0 Å². The van der Waals surface area contributed by atoms with E-state index in [-0.39, 0.29) is 0 Å². The van der Waals surface area contributed by atoms with Gasteiger partial charge in [0.2, 0.25) is 0 Å². The smallest absolute Gasteiger partial charge is 0.160 e. The van der Waals surface area contributed by atoms with Crippen LogP contribution in [-0.2, 0) is 0 Å². The zero-order valence-corrected chi connectivity index (χ0v) is 32.7. The number of fused-ring (bicyclic) bond motifs is 14. The van der Waals surface area contributed by atoms with E-state index in [1.165, 1.54) is 70.7 Å². The Kier molecular flexibility index (Phi) is 6.49. The van der Waals surface area contributed by atoms with Crippen molar-refractivity contribution in [1.29, 1.82) is 0 Å². The predicted octanol–water partition coefficient (Wildman–Crippen LogP) is 14.8. The van der Waals surface area contributed by atoms with Crippen LogP contribution >= 0.6 is 0 Å². The van der Waals surface area contributed by atoms with Crippen LogP contribution < -0.4 is 0 Å². The lowest BCUT2D eigenvalue weighted by Crippen LogP contribution is -1.97. The third-order valence-corrected chi connectivity index (χ3v) is 12.8. The number of hydrogen-bond donors (Lipinski definition) is 0. The first-order valence-corrected chi connectivity index (χ1v) is 20.7. The first-order valence-electron chi connectivity index (χ1n) is 20.7. The molecule has 0 aliphatic carbocycles. The molecule has 0 spiro atoms. The van der Waals surface area contributed by atoms with Gasteiger partial charge in [-0.3, -0.25) is 0 Å². The second-order valence-electron chi connectivity index (χ2n) is 16.1. The Labute approximate surface area is 348 Å². The Morgan fingerprint density at radius 1 is 0.361 bits per heavy atom. The molecule has 0 atom stereocenters. The van der Waals surface area contributed by atoms with Gasteiger partial charge in [0.1, 0.15) is 11.2 Å². The molecule has 0 bridgehead atoms. The van der Waals surface area contributed by atoms with Gasteiger partial charge in [0.05, 0.1) is 39.0 Å². The van der Waals surface area contributed by atoms with Crippen molar-refractivity contribution in [3.05, 3.63) is 194 Å². The van der Waals surface area contributed by atoms with Gasteiger partial charge >= 0.3 is 0 Å². The molecule has 9 aromatic carbocycles. The molecule has 0 unspecified atom stereocenters. The molecular formula is C56H32N4O. The Morgan fingerprint density at radius 2 is 1.02 bits per heavy atom. The molecule has 14 aromatic rings. The van der Waals surface area contributed by atoms with Crippen LogP contribution in [0.25, 0.3) is 132 Å². The topological polar surface area (TPSA) is 48.3 Å². The second kappa shape index (κ2) is 12.1. The molecular weight excluding hydrogens is 745 g/mol. The SMILES string of the molecule is c1ccc(-c2cc(-c3ccc(-n4c5ccccc5c5c6cc7c8cccc9c%10ccccc%10n(c7cc6ccc54)c98)cc3)nc(-c3ccc4oc5ccccc5c4c3)n2)cc1. The van der Waals surface area contributed by atoms with Crippen LogP contribution in [0.1, 0.15) is 0 Å². The highest BCUT2D eigenvalue weighted by atomic mass is 16.3. The molecule has 0 radical (unpaired) electrons. The van der Waals surface area contributed by atoms with Gasteiger partial charge in [0.15, 0.2) is 5.82 Å². The predicted molar refractivity (Wildman–Crippen MR) is 252 cm³/mol. The first kappa shape index (κ1) is 32.7. The summed E-state index contributed by atoms with van der Waals surface area (Å²) in [4.78, 5) is 10.3. The fraction of sp³-hybridized carbons (Fsp3) is 0. The lowest BCUT2D eigenvalue weighted by atomic mass is 10.0. The van der Waals surface area contributed by atoms with Gasteiger partial charge in [-0.15, -0.1) is 0 Å². The maximum atomic E-state index is 6.15. The number of rotatable bonds is 4. The average molecular weight is 777 g/mol. The summed E-state index contributed by atoms with van der Waals surface area (Å²) < 4.78 is 11.0. The highest BCUT2D eigenvalue weighted by Crippen LogP contribution is 2.43. The van der Waals surface area contributed by atoms with E-state index in [4.69, 9.17) is 14.4 Å². The summed E-state index contributed by atoms with van der Waals surface area (Å²) in [6.07, 6.45) is 0. The van der Waals surface area contributed by atoms with Gasteiger partial charge < -0.3 is 13.4 Å². The molecule has 0 aliphatic rings. The molecule has 0 saturated carbocycles. The molecule has 61 heavy (non-hydrogen) atoms. The van der Waals surface area contributed by atoms with Gasteiger partial charge in [0, 0.05) is 65.5 Å². The van der Waals surface area contributed by atoms with Crippen molar-refractivity contribution in [3.63, 3.8) is 0 Å². The van der Waals surface area contributed by atoms with E-state index in [0.29, 0.717) is 5.82 Å². The van der Waals surface area contributed by atoms with Crippen molar-refractivity contribution in [2.45, 2.75) is 0 Å². The highest BCUT2D eigenvalue weighted by Gasteiger charge is 2.21. The van der Waals surface area contributed by atoms with Gasteiger partial charge in [-0.1, -0.05) is 121 Å².